The SMILES string of the molecule is O=C(CCc1nc2ccccc2c(=O)[nH]1)Nc1ccc(OCC(F)(F)F)cc1. The number of ether oxygens (including phenoxy) is 1. The third kappa shape index (κ3) is 5.32. The van der Waals surface area contributed by atoms with Gasteiger partial charge in [0.15, 0.2) is 6.61 Å². The minimum Gasteiger partial charge on any atom is -0.484 e. The number of aromatic nitrogens is 2. The zero-order valence-electron chi connectivity index (χ0n) is 14.5. The second kappa shape index (κ2) is 8.12. The van der Waals surface area contributed by atoms with Crippen LogP contribution in [0.3, 0.4) is 0 Å². The van der Waals surface area contributed by atoms with E-state index in [-0.39, 0.29) is 30.1 Å². The van der Waals surface area contributed by atoms with Crippen LogP contribution in [0, 0.1) is 0 Å². The van der Waals surface area contributed by atoms with E-state index in [4.69, 9.17) is 0 Å². The molecule has 0 saturated heterocycles. The minimum atomic E-state index is -4.41. The number of anilines is 1. The molecule has 1 amide bonds. The zero-order chi connectivity index (χ0) is 20.1. The fraction of sp³-hybridized carbons (Fsp3) is 0.211. The second-order valence-electron chi connectivity index (χ2n) is 6.01. The van der Waals surface area contributed by atoms with Crippen molar-refractivity contribution < 1.29 is 22.7 Å². The van der Waals surface area contributed by atoms with Crippen LogP contribution in [-0.4, -0.2) is 28.7 Å². The normalized spacial score (nSPS) is 11.4. The molecule has 0 bridgehead atoms. The number of carbonyl (C=O) groups excluding carboxylic acids is 1. The van der Waals surface area contributed by atoms with Crippen molar-refractivity contribution in [3.8, 4) is 5.75 Å². The van der Waals surface area contributed by atoms with Crippen LogP contribution in [0.2, 0.25) is 0 Å². The Kier molecular flexibility index (Phi) is 5.62. The number of H-pyrrole nitrogens is 1. The van der Waals surface area contributed by atoms with E-state index in [1.807, 2.05) is 0 Å². The van der Waals surface area contributed by atoms with E-state index in [1.165, 1.54) is 24.3 Å². The maximum Gasteiger partial charge on any atom is 0.422 e. The van der Waals surface area contributed by atoms with E-state index in [0.29, 0.717) is 22.4 Å². The van der Waals surface area contributed by atoms with E-state index < -0.39 is 12.8 Å². The van der Waals surface area contributed by atoms with Crippen molar-refractivity contribution in [3.05, 3.63) is 64.7 Å². The molecule has 3 aromatic rings. The third-order valence-electron chi connectivity index (χ3n) is 3.79. The molecule has 2 N–H and O–H groups in total. The van der Waals surface area contributed by atoms with Crippen molar-refractivity contribution in [2.24, 2.45) is 0 Å². The highest BCUT2D eigenvalue weighted by molar-refractivity contribution is 5.90. The number of amides is 1. The molecule has 0 spiro atoms. The molecule has 0 atom stereocenters. The number of aromatic amines is 1. The number of halogens is 3. The lowest BCUT2D eigenvalue weighted by molar-refractivity contribution is -0.153. The Balaban J connectivity index is 1.55. The van der Waals surface area contributed by atoms with Crippen molar-refractivity contribution in [1.82, 2.24) is 9.97 Å². The first-order valence-corrected chi connectivity index (χ1v) is 8.37. The Morgan fingerprint density at radius 2 is 1.82 bits per heavy atom. The number of alkyl halides is 3. The number of fused-ring (bicyclic) bond motifs is 1. The van der Waals surface area contributed by atoms with Crippen LogP contribution in [-0.2, 0) is 11.2 Å². The molecule has 1 aromatic heterocycles. The van der Waals surface area contributed by atoms with Gasteiger partial charge in [-0.25, -0.2) is 4.98 Å². The standard InChI is InChI=1S/C19H16F3N3O3/c20-19(21,22)11-28-13-7-5-12(6-8-13)23-17(26)10-9-16-24-15-4-2-1-3-14(15)18(27)25-16/h1-8H,9-11H2,(H,23,26)(H,24,25,27). The summed E-state index contributed by atoms with van der Waals surface area (Å²) in [5, 5.41) is 3.10. The monoisotopic (exact) mass is 391 g/mol. The maximum absolute atomic E-state index is 12.1. The molecule has 0 aliphatic rings. The number of para-hydroxylation sites is 1. The van der Waals surface area contributed by atoms with E-state index in [2.05, 4.69) is 20.0 Å². The van der Waals surface area contributed by atoms with Gasteiger partial charge >= 0.3 is 6.18 Å². The summed E-state index contributed by atoms with van der Waals surface area (Å²) in [7, 11) is 0. The number of rotatable bonds is 6. The highest BCUT2D eigenvalue weighted by Gasteiger charge is 2.28. The summed E-state index contributed by atoms with van der Waals surface area (Å²) in [5.74, 6) is 0.128. The largest absolute Gasteiger partial charge is 0.484 e. The number of aryl methyl sites for hydroxylation is 1. The smallest absolute Gasteiger partial charge is 0.422 e. The minimum absolute atomic E-state index is 0.0493. The first-order valence-electron chi connectivity index (χ1n) is 8.37. The highest BCUT2D eigenvalue weighted by atomic mass is 19.4. The number of nitrogens with one attached hydrogen (secondary N) is 2. The number of hydrogen-bond donors (Lipinski definition) is 2. The van der Waals surface area contributed by atoms with Gasteiger partial charge in [0, 0.05) is 18.5 Å². The van der Waals surface area contributed by atoms with Gasteiger partial charge in [-0.15, -0.1) is 0 Å². The molecule has 28 heavy (non-hydrogen) atoms. The molecular formula is C19H16F3N3O3. The van der Waals surface area contributed by atoms with E-state index in [0.717, 1.165) is 0 Å². The van der Waals surface area contributed by atoms with Crippen LogP contribution in [0.1, 0.15) is 12.2 Å². The molecule has 9 heteroatoms. The van der Waals surface area contributed by atoms with Gasteiger partial charge in [0.1, 0.15) is 11.6 Å². The van der Waals surface area contributed by atoms with Gasteiger partial charge in [0.05, 0.1) is 10.9 Å². The number of hydrogen-bond acceptors (Lipinski definition) is 4. The molecule has 146 valence electrons. The molecule has 0 aliphatic heterocycles. The first-order chi connectivity index (χ1) is 13.3. The Morgan fingerprint density at radius 1 is 1.11 bits per heavy atom. The summed E-state index contributed by atoms with van der Waals surface area (Å²) in [6.45, 7) is -1.38. The molecule has 3 rings (SSSR count). The van der Waals surface area contributed by atoms with Gasteiger partial charge < -0.3 is 15.0 Å². The van der Waals surface area contributed by atoms with Gasteiger partial charge in [0.2, 0.25) is 5.91 Å². The highest BCUT2D eigenvalue weighted by Crippen LogP contribution is 2.20. The summed E-state index contributed by atoms with van der Waals surface area (Å²) < 4.78 is 41.0. The first kappa shape index (κ1) is 19.4. The van der Waals surface area contributed by atoms with E-state index >= 15 is 0 Å². The molecule has 6 nitrogen and oxygen atoms in total. The fourth-order valence-corrected chi connectivity index (χ4v) is 2.51. The summed E-state index contributed by atoms with van der Waals surface area (Å²) in [6, 6.07) is 12.5. The average Bonchev–Trinajstić information content (AvgIpc) is 2.65. The quantitative estimate of drug-likeness (QED) is 0.674. The van der Waals surface area contributed by atoms with Crippen LogP contribution < -0.4 is 15.6 Å². The van der Waals surface area contributed by atoms with Crippen molar-refractivity contribution in [2.45, 2.75) is 19.0 Å². The third-order valence-corrected chi connectivity index (χ3v) is 3.79. The van der Waals surface area contributed by atoms with Crippen LogP contribution in [0.25, 0.3) is 10.9 Å². The topological polar surface area (TPSA) is 84.1 Å². The van der Waals surface area contributed by atoms with Gasteiger partial charge in [0.25, 0.3) is 5.56 Å². The lowest BCUT2D eigenvalue weighted by Gasteiger charge is -2.10. The lowest BCUT2D eigenvalue weighted by atomic mass is 10.2. The Hall–Kier alpha value is -3.36. The fourth-order valence-electron chi connectivity index (χ4n) is 2.51. The number of benzene rings is 2. The van der Waals surface area contributed by atoms with Crippen LogP contribution in [0.5, 0.6) is 5.75 Å². The Morgan fingerprint density at radius 3 is 2.54 bits per heavy atom. The molecule has 2 aromatic carbocycles. The molecule has 1 heterocycles. The van der Waals surface area contributed by atoms with Crippen molar-refractivity contribution in [2.75, 3.05) is 11.9 Å². The van der Waals surface area contributed by atoms with Crippen molar-refractivity contribution >= 4 is 22.5 Å². The molecule has 0 radical (unpaired) electrons. The van der Waals surface area contributed by atoms with E-state index in [1.54, 1.807) is 24.3 Å². The molecule has 0 aliphatic carbocycles. The average molecular weight is 391 g/mol. The van der Waals surface area contributed by atoms with Crippen molar-refractivity contribution in [3.63, 3.8) is 0 Å². The zero-order valence-corrected chi connectivity index (χ0v) is 14.5. The van der Waals surface area contributed by atoms with E-state index in [9.17, 15) is 22.8 Å². The summed E-state index contributed by atoms with van der Waals surface area (Å²) in [4.78, 5) is 31.0. The molecule has 0 fully saturated rings. The van der Waals surface area contributed by atoms with Gasteiger partial charge in [-0.05, 0) is 36.4 Å². The predicted octanol–water partition coefficient (Wildman–Crippen LogP) is 3.44. The summed E-state index contributed by atoms with van der Waals surface area (Å²) in [6.07, 6.45) is -4.10. The predicted molar refractivity (Wildman–Crippen MR) is 97.3 cm³/mol. The maximum atomic E-state index is 12.1. The van der Waals surface area contributed by atoms with Gasteiger partial charge in [-0.2, -0.15) is 13.2 Å². The molecule has 0 saturated carbocycles. The molecule has 0 unspecified atom stereocenters. The Labute approximate surface area is 157 Å². The van der Waals surface area contributed by atoms with Crippen LogP contribution in [0.15, 0.2) is 53.3 Å². The lowest BCUT2D eigenvalue weighted by Crippen LogP contribution is -2.19. The molecular weight excluding hydrogens is 375 g/mol. The van der Waals surface area contributed by atoms with Crippen LogP contribution >= 0.6 is 0 Å². The number of nitrogens with zero attached hydrogens (tertiary/aromatic N) is 1. The summed E-state index contributed by atoms with van der Waals surface area (Å²) >= 11 is 0. The van der Waals surface area contributed by atoms with Gasteiger partial charge in [-0.3, -0.25) is 9.59 Å². The Bertz CT molecular complexity index is 1030. The number of carbonyl (C=O) groups is 1. The van der Waals surface area contributed by atoms with Gasteiger partial charge in [-0.1, -0.05) is 12.1 Å². The summed E-state index contributed by atoms with van der Waals surface area (Å²) in [5.41, 5.74) is 0.705. The van der Waals surface area contributed by atoms with Crippen molar-refractivity contribution in [1.29, 1.82) is 0 Å². The second-order valence-corrected chi connectivity index (χ2v) is 6.01. The van der Waals surface area contributed by atoms with Crippen LogP contribution in [0.4, 0.5) is 18.9 Å².